The molecule has 2 rings (SSSR count). The minimum absolute atomic E-state index is 0.115. The number of hydrogen-bond donors (Lipinski definition) is 2. The summed E-state index contributed by atoms with van der Waals surface area (Å²) in [5.41, 5.74) is 0.771. The fraction of sp³-hybridized carbons (Fsp3) is 0.438. The monoisotopic (exact) mass is 319 g/mol. The third-order valence-electron chi connectivity index (χ3n) is 3.63. The number of aromatic hydroxyl groups is 1. The highest BCUT2D eigenvalue weighted by atomic mass is 32.1. The van der Waals surface area contributed by atoms with E-state index < -0.39 is 0 Å². The zero-order chi connectivity index (χ0) is 15.9. The molecule has 22 heavy (non-hydrogen) atoms. The van der Waals surface area contributed by atoms with Gasteiger partial charge in [0.1, 0.15) is 10.8 Å². The molecule has 0 atom stereocenters. The summed E-state index contributed by atoms with van der Waals surface area (Å²) in [6.45, 7) is 4.25. The van der Waals surface area contributed by atoms with Crippen molar-refractivity contribution >= 4 is 22.4 Å². The number of carbonyl (C=O) groups is 1. The molecule has 0 unspecified atom stereocenters. The predicted octanol–water partition coefficient (Wildman–Crippen LogP) is 3.72. The van der Waals surface area contributed by atoms with Gasteiger partial charge in [-0.2, -0.15) is 0 Å². The molecule has 1 aromatic carbocycles. The molecule has 1 amide bonds. The van der Waals surface area contributed by atoms with Crippen LogP contribution in [0.3, 0.4) is 0 Å². The average Bonchev–Trinajstić information content (AvgIpc) is 2.96. The second kappa shape index (κ2) is 7.89. The van der Waals surface area contributed by atoms with Crippen molar-refractivity contribution in [2.45, 2.75) is 45.4 Å². The molecule has 0 radical (unpaired) electrons. The van der Waals surface area contributed by atoms with Gasteiger partial charge in [-0.1, -0.05) is 43.4 Å². The summed E-state index contributed by atoms with van der Waals surface area (Å²) in [6, 6.07) is 7.05. The number of nitrogens with one attached hydrogen (secondary N) is 1. The molecule has 118 valence electrons. The molecule has 5 nitrogen and oxygen atoms in total. The van der Waals surface area contributed by atoms with Crippen LogP contribution in [0.2, 0.25) is 0 Å². The zero-order valence-corrected chi connectivity index (χ0v) is 13.7. The van der Waals surface area contributed by atoms with Crippen LogP contribution in [-0.2, 0) is 11.2 Å². The number of rotatable bonds is 7. The van der Waals surface area contributed by atoms with Crippen LogP contribution in [-0.4, -0.2) is 21.2 Å². The molecule has 1 heterocycles. The number of para-hydroxylation sites is 1. The van der Waals surface area contributed by atoms with E-state index in [2.05, 4.69) is 29.4 Å². The van der Waals surface area contributed by atoms with E-state index in [9.17, 15) is 9.90 Å². The topological polar surface area (TPSA) is 75.1 Å². The number of aryl methyl sites for hydroxylation is 1. The maximum atomic E-state index is 12.0. The third-order valence-corrected chi connectivity index (χ3v) is 4.64. The Bertz CT molecular complexity index is 623. The number of aromatic nitrogens is 2. The van der Waals surface area contributed by atoms with Crippen molar-refractivity contribution in [2.75, 3.05) is 5.32 Å². The van der Waals surface area contributed by atoms with E-state index in [0.29, 0.717) is 23.9 Å². The van der Waals surface area contributed by atoms with Crippen molar-refractivity contribution in [2.24, 2.45) is 0 Å². The van der Waals surface area contributed by atoms with Crippen LogP contribution in [0.1, 0.15) is 49.6 Å². The molecule has 0 saturated heterocycles. The second-order valence-electron chi connectivity index (χ2n) is 5.14. The lowest BCUT2D eigenvalue weighted by Crippen LogP contribution is -2.12. The summed E-state index contributed by atoms with van der Waals surface area (Å²) in [6.07, 6.45) is 2.84. The van der Waals surface area contributed by atoms with Crippen molar-refractivity contribution in [1.82, 2.24) is 10.2 Å². The van der Waals surface area contributed by atoms with E-state index in [-0.39, 0.29) is 11.7 Å². The van der Waals surface area contributed by atoms with Crippen LogP contribution in [0.15, 0.2) is 24.3 Å². The fourth-order valence-corrected chi connectivity index (χ4v) is 3.27. The van der Waals surface area contributed by atoms with Crippen LogP contribution >= 0.6 is 11.3 Å². The van der Waals surface area contributed by atoms with Crippen molar-refractivity contribution in [3.8, 4) is 5.75 Å². The molecule has 0 bridgehead atoms. The molecule has 0 fully saturated rings. The second-order valence-corrected chi connectivity index (χ2v) is 6.14. The van der Waals surface area contributed by atoms with Gasteiger partial charge in [0.15, 0.2) is 0 Å². The molecular weight excluding hydrogens is 298 g/mol. The lowest BCUT2D eigenvalue weighted by molar-refractivity contribution is -0.116. The van der Waals surface area contributed by atoms with Gasteiger partial charge < -0.3 is 10.4 Å². The van der Waals surface area contributed by atoms with Crippen molar-refractivity contribution in [1.29, 1.82) is 0 Å². The first kappa shape index (κ1) is 16.4. The predicted molar refractivity (Wildman–Crippen MR) is 88.3 cm³/mol. The number of phenols is 1. The Balaban J connectivity index is 1.88. The van der Waals surface area contributed by atoms with Gasteiger partial charge in [0.05, 0.1) is 0 Å². The number of benzene rings is 1. The Morgan fingerprint density at radius 1 is 1.27 bits per heavy atom. The van der Waals surface area contributed by atoms with Crippen molar-refractivity contribution in [3.05, 3.63) is 34.8 Å². The van der Waals surface area contributed by atoms with Gasteiger partial charge in [0, 0.05) is 12.3 Å². The lowest BCUT2D eigenvalue weighted by atomic mass is 10.1. The molecule has 2 N–H and O–H groups in total. The molecule has 0 saturated carbocycles. The summed E-state index contributed by atoms with van der Waals surface area (Å²) in [5.74, 6) is 0.516. The van der Waals surface area contributed by atoms with Crippen molar-refractivity contribution < 1.29 is 9.90 Å². The third kappa shape index (κ3) is 4.27. The standard InChI is InChI=1S/C16H21N3O2S/c1-3-11(4-2)15-18-19-16(22-15)17-14(21)10-9-12-7-5-6-8-13(12)20/h5-8,11,20H,3-4,9-10H2,1-2H3,(H,17,19,21). The summed E-state index contributed by atoms with van der Waals surface area (Å²) in [4.78, 5) is 12.0. The summed E-state index contributed by atoms with van der Waals surface area (Å²) in [7, 11) is 0. The number of phenolic OH excluding ortho intramolecular Hbond substituents is 1. The SMILES string of the molecule is CCC(CC)c1nnc(NC(=O)CCc2ccccc2O)s1. The van der Waals surface area contributed by atoms with Crippen LogP contribution in [0.25, 0.3) is 0 Å². The molecule has 0 spiro atoms. The largest absolute Gasteiger partial charge is 0.508 e. The lowest BCUT2D eigenvalue weighted by Gasteiger charge is -2.06. The Morgan fingerprint density at radius 2 is 2.00 bits per heavy atom. The first-order valence-corrected chi connectivity index (χ1v) is 8.35. The Hall–Kier alpha value is -1.95. The summed E-state index contributed by atoms with van der Waals surface area (Å²) in [5, 5.41) is 22.2. The highest BCUT2D eigenvalue weighted by molar-refractivity contribution is 7.15. The molecule has 0 aliphatic carbocycles. The number of hydrogen-bond acceptors (Lipinski definition) is 5. The van der Waals surface area contributed by atoms with Crippen LogP contribution in [0.4, 0.5) is 5.13 Å². The van der Waals surface area contributed by atoms with Crippen LogP contribution in [0.5, 0.6) is 5.75 Å². The van der Waals surface area contributed by atoms with E-state index >= 15 is 0 Å². The quantitative estimate of drug-likeness (QED) is 0.815. The van der Waals surface area contributed by atoms with E-state index in [4.69, 9.17) is 0 Å². The van der Waals surface area contributed by atoms with E-state index in [0.717, 1.165) is 23.4 Å². The molecule has 0 aliphatic heterocycles. The minimum atomic E-state index is -0.115. The fourth-order valence-electron chi connectivity index (χ4n) is 2.24. The van der Waals surface area contributed by atoms with Crippen LogP contribution < -0.4 is 5.32 Å². The van der Waals surface area contributed by atoms with Gasteiger partial charge in [-0.05, 0) is 30.9 Å². The average molecular weight is 319 g/mol. The van der Waals surface area contributed by atoms with Gasteiger partial charge in [-0.3, -0.25) is 4.79 Å². The van der Waals surface area contributed by atoms with Gasteiger partial charge in [-0.25, -0.2) is 0 Å². The smallest absolute Gasteiger partial charge is 0.226 e. The highest BCUT2D eigenvalue weighted by Gasteiger charge is 2.14. The molecular formula is C16H21N3O2S. The van der Waals surface area contributed by atoms with E-state index in [1.807, 2.05) is 12.1 Å². The minimum Gasteiger partial charge on any atom is -0.508 e. The Kier molecular flexibility index (Phi) is 5.89. The molecule has 1 aromatic heterocycles. The first-order valence-electron chi connectivity index (χ1n) is 7.54. The first-order chi connectivity index (χ1) is 10.6. The van der Waals surface area contributed by atoms with E-state index in [1.54, 1.807) is 12.1 Å². The normalized spacial score (nSPS) is 10.9. The summed E-state index contributed by atoms with van der Waals surface area (Å²) >= 11 is 1.44. The van der Waals surface area contributed by atoms with Crippen molar-refractivity contribution in [3.63, 3.8) is 0 Å². The van der Waals surface area contributed by atoms with Gasteiger partial charge in [0.25, 0.3) is 0 Å². The highest BCUT2D eigenvalue weighted by Crippen LogP contribution is 2.28. The van der Waals surface area contributed by atoms with Gasteiger partial charge in [-0.15, -0.1) is 10.2 Å². The molecule has 2 aromatic rings. The maximum absolute atomic E-state index is 12.0. The number of amides is 1. The number of anilines is 1. The number of carbonyl (C=O) groups excluding carboxylic acids is 1. The van der Waals surface area contributed by atoms with Crippen LogP contribution in [0, 0.1) is 0 Å². The zero-order valence-electron chi connectivity index (χ0n) is 12.9. The Labute approximate surface area is 134 Å². The number of nitrogens with zero attached hydrogens (tertiary/aromatic N) is 2. The summed E-state index contributed by atoms with van der Waals surface area (Å²) < 4.78 is 0. The maximum Gasteiger partial charge on any atom is 0.226 e. The molecule has 6 heteroatoms. The molecule has 0 aliphatic rings. The van der Waals surface area contributed by atoms with Gasteiger partial charge >= 0.3 is 0 Å². The van der Waals surface area contributed by atoms with Gasteiger partial charge in [0.2, 0.25) is 11.0 Å². The Morgan fingerprint density at radius 3 is 2.68 bits per heavy atom. The van der Waals surface area contributed by atoms with E-state index in [1.165, 1.54) is 11.3 Å².